The number of para-hydroxylation sites is 1. The molecule has 1 heterocycles. The smallest absolute Gasteiger partial charge is 0.343 e. The highest BCUT2D eigenvalue weighted by Crippen LogP contribution is 2.27. The molecule has 3 heteroatoms. The van der Waals surface area contributed by atoms with Crippen molar-refractivity contribution in [2.75, 3.05) is 0 Å². The third kappa shape index (κ3) is 2.18. The highest BCUT2D eigenvalue weighted by molar-refractivity contribution is 5.84. The van der Waals surface area contributed by atoms with Crippen LogP contribution < -0.4 is 5.63 Å². The zero-order valence-corrected chi connectivity index (χ0v) is 11.1. The molecule has 0 saturated heterocycles. The number of benzene rings is 2. The molecule has 0 radical (unpaired) electrons. The van der Waals surface area contributed by atoms with E-state index in [-0.39, 0.29) is 5.75 Å². The van der Waals surface area contributed by atoms with Gasteiger partial charge in [0.15, 0.2) is 0 Å². The van der Waals surface area contributed by atoms with Crippen LogP contribution in [0.2, 0.25) is 0 Å². The lowest BCUT2D eigenvalue weighted by molar-refractivity contribution is 0.458. The SMILES string of the molecule is Cc1ccc(Cc2c(O)c3ccccc3oc2=O)cc1. The molecule has 20 heavy (non-hydrogen) atoms. The van der Waals surface area contributed by atoms with Crippen LogP contribution in [0.15, 0.2) is 57.7 Å². The first-order valence-corrected chi connectivity index (χ1v) is 6.44. The molecule has 0 unspecified atom stereocenters. The van der Waals surface area contributed by atoms with Crippen molar-refractivity contribution in [3.8, 4) is 5.75 Å². The average Bonchev–Trinajstić information content (AvgIpc) is 2.45. The van der Waals surface area contributed by atoms with E-state index >= 15 is 0 Å². The van der Waals surface area contributed by atoms with Crippen LogP contribution in [0.3, 0.4) is 0 Å². The molecule has 0 spiro atoms. The predicted molar refractivity (Wildman–Crippen MR) is 78.1 cm³/mol. The van der Waals surface area contributed by atoms with Crippen LogP contribution in [0.4, 0.5) is 0 Å². The molecule has 1 aromatic heterocycles. The van der Waals surface area contributed by atoms with Crippen molar-refractivity contribution in [3.63, 3.8) is 0 Å². The van der Waals surface area contributed by atoms with Gasteiger partial charge in [-0.15, -0.1) is 0 Å². The van der Waals surface area contributed by atoms with Crippen LogP contribution >= 0.6 is 0 Å². The van der Waals surface area contributed by atoms with E-state index in [1.165, 1.54) is 0 Å². The summed E-state index contributed by atoms with van der Waals surface area (Å²) in [6, 6.07) is 14.8. The molecule has 0 fully saturated rings. The number of aromatic hydroxyl groups is 1. The molecule has 0 aliphatic carbocycles. The molecule has 0 bridgehead atoms. The fourth-order valence-electron chi connectivity index (χ4n) is 2.24. The summed E-state index contributed by atoms with van der Waals surface area (Å²) in [7, 11) is 0. The van der Waals surface area contributed by atoms with Gasteiger partial charge in [-0.1, -0.05) is 42.0 Å². The summed E-state index contributed by atoms with van der Waals surface area (Å²) >= 11 is 0. The van der Waals surface area contributed by atoms with Gasteiger partial charge in [-0.25, -0.2) is 4.79 Å². The maximum atomic E-state index is 12.0. The van der Waals surface area contributed by atoms with E-state index in [4.69, 9.17) is 4.42 Å². The number of hydrogen-bond acceptors (Lipinski definition) is 3. The average molecular weight is 266 g/mol. The van der Waals surface area contributed by atoms with Crippen molar-refractivity contribution < 1.29 is 9.52 Å². The van der Waals surface area contributed by atoms with Gasteiger partial charge in [0.1, 0.15) is 11.3 Å². The molecule has 3 nitrogen and oxygen atoms in total. The van der Waals surface area contributed by atoms with Crippen LogP contribution in [0.25, 0.3) is 11.0 Å². The third-order valence-electron chi connectivity index (χ3n) is 3.38. The normalized spacial score (nSPS) is 10.8. The van der Waals surface area contributed by atoms with Crippen molar-refractivity contribution in [2.45, 2.75) is 13.3 Å². The first kappa shape index (κ1) is 12.5. The molecule has 2 aromatic carbocycles. The zero-order valence-electron chi connectivity index (χ0n) is 11.1. The summed E-state index contributed by atoms with van der Waals surface area (Å²) in [6.07, 6.45) is 0.360. The second-order valence-corrected chi connectivity index (χ2v) is 4.88. The van der Waals surface area contributed by atoms with Crippen molar-refractivity contribution in [2.24, 2.45) is 0 Å². The Balaban J connectivity index is 2.11. The molecule has 0 aliphatic rings. The summed E-state index contributed by atoms with van der Waals surface area (Å²) < 4.78 is 5.25. The molecule has 0 saturated carbocycles. The lowest BCUT2D eigenvalue weighted by Crippen LogP contribution is -2.08. The van der Waals surface area contributed by atoms with E-state index in [0.717, 1.165) is 11.1 Å². The van der Waals surface area contributed by atoms with Gasteiger partial charge in [0.05, 0.1) is 10.9 Å². The highest BCUT2D eigenvalue weighted by atomic mass is 16.4. The predicted octanol–water partition coefficient (Wildman–Crippen LogP) is 3.40. The van der Waals surface area contributed by atoms with E-state index in [1.807, 2.05) is 31.2 Å². The Bertz CT molecular complexity index is 814. The van der Waals surface area contributed by atoms with Crippen LogP contribution in [0.5, 0.6) is 5.75 Å². The second-order valence-electron chi connectivity index (χ2n) is 4.88. The summed E-state index contributed by atoms with van der Waals surface area (Å²) in [5.74, 6) is 0.0115. The van der Waals surface area contributed by atoms with Gasteiger partial charge in [0, 0.05) is 6.42 Å². The monoisotopic (exact) mass is 266 g/mol. The number of fused-ring (bicyclic) bond motifs is 1. The van der Waals surface area contributed by atoms with Crippen LogP contribution in [0.1, 0.15) is 16.7 Å². The first-order valence-electron chi connectivity index (χ1n) is 6.44. The molecule has 0 amide bonds. The van der Waals surface area contributed by atoms with E-state index in [1.54, 1.807) is 24.3 Å². The van der Waals surface area contributed by atoms with E-state index in [0.29, 0.717) is 23.0 Å². The molecule has 1 N–H and O–H groups in total. The molecule has 3 rings (SSSR count). The fourth-order valence-corrected chi connectivity index (χ4v) is 2.24. The minimum atomic E-state index is -0.484. The zero-order chi connectivity index (χ0) is 14.1. The molecular weight excluding hydrogens is 252 g/mol. The van der Waals surface area contributed by atoms with Crippen molar-refractivity contribution >= 4 is 11.0 Å². The highest BCUT2D eigenvalue weighted by Gasteiger charge is 2.13. The minimum Gasteiger partial charge on any atom is -0.507 e. The van der Waals surface area contributed by atoms with Crippen LogP contribution in [-0.4, -0.2) is 5.11 Å². The van der Waals surface area contributed by atoms with Crippen LogP contribution in [-0.2, 0) is 6.42 Å². The van der Waals surface area contributed by atoms with Gasteiger partial charge >= 0.3 is 5.63 Å². The van der Waals surface area contributed by atoms with Crippen molar-refractivity contribution in [1.29, 1.82) is 0 Å². The van der Waals surface area contributed by atoms with Gasteiger partial charge in [-0.05, 0) is 24.6 Å². The maximum absolute atomic E-state index is 12.0. The topological polar surface area (TPSA) is 50.4 Å². The fraction of sp³-hybridized carbons (Fsp3) is 0.118. The molecular formula is C17H14O3. The van der Waals surface area contributed by atoms with Gasteiger partial charge in [-0.3, -0.25) is 0 Å². The van der Waals surface area contributed by atoms with Gasteiger partial charge < -0.3 is 9.52 Å². The molecule has 0 atom stereocenters. The van der Waals surface area contributed by atoms with Gasteiger partial charge in [0.25, 0.3) is 0 Å². The number of aryl methyl sites for hydroxylation is 1. The Morgan fingerprint density at radius 2 is 1.75 bits per heavy atom. The summed E-state index contributed by atoms with van der Waals surface area (Å²) in [6.45, 7) is 2.01. The molecule has 0 aliphatic heterocycles. The van der Waals surface area contributed by atoms with E-state index < -0.39 is 5.63 Å². The lowest BCUT2D eigenvalue weighted by atomic mass is 10.0. The third-order valence-corrected chi connectivity index (χ3v) is 3.38. The van der Waals surface area contributed by atoms with E-state index in [9.17, 15) is 9.90 Å². The van der Waals surface area contributed by atoms with E-state index in [2.05, 4.69) is 0 Å². The second kappa shape index (κ2) is 4.85. The van der Waals surface area contributed by atoms with Crippen molar-refractivity contribution in [1.82, 2.24) is 0 Å². The molecule has 3 aromatic rings. The minimum absolute atomic E-state index is 0.0115. The number of rotatable bonds is 2. The Morgan fingerprint density at radius 1 is 1.05 bits per heavy atom. The Labute approximate surface area is 116 Å². The summed E-state index contributed by atoms with van der Waals surface area (Å²) in [4.78, 5) is 12.0. The number of hydrogen-bond donors (Lipinski definition) is 1. The Hall–Kier alpha value is -2.55. The quantitative estimate of drug-likeness (QED) is 0.723. The lowest BCUT2D eigenvalue weighted by Gasteiger charge is -2.06. The summed E-state index contributed by atoms with van der Waals surface area (Å²) in [5, 5.41) is 10.9. The van der Waals surface area contributed by atoms with Gasteiger partial charge in [0.2, 0.25) is 0 Å². The summed E-state index contributed by atoms with van der Waals surface area (Å²) in [5.41, 5.74) is 2.34. The van der Waals surface area contributed by atoms with Gasteiger partial charge in [-0.2, -0.15) is 0 Å². The first-order chi connectivity index (χ1) is 9.65. The molecule has 100 valence electrons. The largest absolute Gasteiger partial charge is 0.507 e. The van der Waals surface area contributed by atoms with Crippen LogP contribution in [0, 0.1) is 6.92 Å². The maximum Gasteiger partial charge on any atom is 0.343 e. The Kier molecular flexibility index (Phi) is 3.03. The standard InChI is InChI=1S/C17H14O3/c1-11-6-8-12(9-7-11)10-14-16(18)13-4-2-3-5-15(13)20-17(14)19/h2-9,18H,10H2,1H3. The van der Waals surface area contributed by atoms with Crippen molar-refractivity contribution in [3.05, 3.63) is 75.6 Å². The Morgan fingerprint density at radius 3 is 2.50 bits per heavy atom.